The summed E-state index contributed by atoms with van der Waals surface area (Å²) >= 11 is 0. The predicted octanol–water partition coefficient (Wildman–Crippen LogP) is 2.30. The summed E-state index contributed by atoms with van der Waals surface area (Å²) in [7, 11) is 0. The van der Waals surface area contributed by atoms with Gasteiger partial charge in [-0.3, -0.25) is 40.8 Å². The maximum atomic E-state index is 12.3. The number of anilines is 2. The normalized spacial score (nSPS) is 13.7. The second kappa shape index (κ2) is 11.2. The van der Waals surface area contributed by atoms with E-state index in [1.165, 1.54) is 36.2 Å². The number of rotatable bonds is 9. The second-order valence-corrected chi connectivity index (χ2v) is 8.17. The zero-order valence-electron chi connectivity index (χ0n) is 19.2. The molecule has 1 amide bonds. The number of carbonyl (C=O) groups is 1. The van der Waals surface area contributed by atoms with Crippen molar-refractivity contribution in [1.82, 2.24) is 20.3 Å². The van der Waals surface area contributed by atoms with Crippen LogP contribution in [0.25, 0.3) is 0 Å². The van der Waals surface area contributed by atoms with E-state index in [0.29, 0.717) is 31.7 Å². The molecule has 0 spiro atoms. The Labute approximate surface area is 206 Å². The van der Waals surface area contributed by atoms with Gasteiger partial charge in [-0.25, -0.2) is 9.97 Å². The van der Waals surface area contributed by atoms with Gasteiger partial charge in [0.05, 0.1) is 16.3 Å². The van der Waals surface area contributed by atoms with Crippen LogP contribution in [0.1, 0.15) is 11.1 Å². The highest BCUT2D eigenvalue weighted by Crippen LogP contribution is 2.32. The third-order valence-corrected chi connectivity index (χ3v) is 5.74. The quantitative estimate of drug-likeness (QED) is 0.335. The van der Waals surface area contributed by atoms with Gasteiger partial charge >= 0.3 is 5.69 Å². The highest BCUT2D eigenvalue weighted by Gasteiger charge is 2.29. The molecule has 1 aliphatic heterocycles. The topological polar surface area (TPSA) is 160 Å². The van der Waals surface area contributed by atoms with Crippen LogP contribution in [0.15, 0.2) is 60.9 Å². The first kappa shape index (κ1) is 24.5. The summed E-state index contributed by atoms with van der Waals surface area (Å²) in [5, 5.41) is 22.7. The molecule has 3 aromatic rings. The Morgan fingerprint density at radius 3 is 2.22 bits per heavy atom. The Bertz CT molecular complexity index is 1230. The summed E-state index contributed by atoms with van der Waals surface area (Å²) in [5.41, 5.74) is 6.27. The number of hydrogen-bond acceptors (Lipinski definition) is 10. The van der Waals surface area contributed by atoms with E-state index in [9.17, 15) is 25.0 Å². The van der Waals surface area contributed by atoms with Crippen molar-refractivity contribution in [2.45, 2.75) is 13.0 Å². The maximum Gasteiger partial charge on any atom is 0.355 e. The van der Waals surface area contributed by atoms with Crippen LogP contribution in [-0.2, 0) is 17.8 Å². The highest BCUT2D eigenvalue weighted by molar-refractivity contribution is 5.81. The summed E-state index contributed by atoms with van der Waals surface area (Å²) in [5.74, 6) is -0.442. The molecule has 13 heteroatoms. The second-order valence-electron chi connectivity index (χ2n) is 8.17. The van der Waals surface area contributed by atoms with Gasteiger partial charge in [-0.15, -0.1) is 0 Å². The molecule has 0 bridgehead atoms. The van der Waals surface area contributed by atoms with Crippen molar-refractivity contribution in [3.8, 4) is 0 Å². The van der Waals surface area contributed by atoms with Crippen molar-refractivity contribution >= 4 is 28.9 Å². The van der Waals surface area contributed by atoms with Crippen LogP contribution in [0.3, 0.4) is 0 Å². The summed E-state index contributed by atoms with van der Waals surface area (Å²) in [6.45, 7) is 3.33. The number of nitrogens with zero attached hydrogens (tertiary/aromatic N) is 6. The molecule has 0 unspecified atom stereocenters. The molecule has 1 aliphatic rings. The maximum absolute atomic E-state index is 12.3. The molecular formula is C23H24N8O5. The summed E-state index contributed by atoms with van der Waals surface area (Å²) in [4.78, 5) is 46.1. The molecule has 0 radical (unpaired) electrons. The van der Waals surface area contributed by atoms with Crippen molar-refractivity contribution in [2.75, 3.05) is 36.5 Å². The number of non-ortho nitro benzene ring substituents is 1. The fourth-order valence-electron chi connectivity index (χ4n) is 3.91. The SMILES string of the molecule is O=C(Cc1ccc([N+](=O)[O-])cc1)NNc1ncnc(N2CCN(Cc3ccccc3)CC2)c1[N+](=O)[O-]. The molecule has 4 rings (SSSR count). The molecular weight excluding hydrogens is 468 g/mol. The van der Waals surface area contributed by atoms with E-state index in [-0.39, 0.29) is 29.4 Å². The minimum absolute atomic E-state index is 0.0812. The van der Waals surface area contributed by atoms with Crippen LogP contribution >= 0.6 is 0 Å². The molecule has 1 fully saturated rings. The zero-order valence-corrected chi connectivity index (χ0v) is 19.2. The Balaban J connectivity index is 1.38. The van der Waals surface area contributed by atoms with E-state index >= 15 is 0 Å². The average molecular weight is 492 g/mol. The number of benzene rings is 2. The summed E-state index contributed by atoms with van der Waals surface area (Å²) in [6, 6.07) is 15.6. The van der Waals surface area contributed by atoms with E-state index in [4.69, 9.17) is 0 Å². The average Bonchev–Trinajstić information content (AvgIpc) is 2.88. The van der Waals surface area contributed by atoms with Crippen molar-refractivity contribution in [3.05, 3.63) is 92.3 Å². The van der Waals surface area contributed by atoms with Crippen LogP contribution < -0.4 is 15.8 Å². The largest absolute Gasteiger partial charge is 0.355 e. The number of aromatic nitrogens is 2. The standard InChI is InChI=1S/C23H24N8O5/c32-20(14-17-6-8-19(9-7-17)30(33)34)26-27-22-21(31(35)36)23(25-16-24-22)29-12-10-28(11-13-29)15-18-4-2-1-3-5-18/h1-9,16H,10-15H2,(H,26,32)(H,24,25,27). The van der Waals surface area contributed by atoms with Crippen molar-refractivity contribution in [1.29, 1.82) is 0 Å². The number of amides is 1. The fourth-order valence-corrected chi connectivity index (χ4v) is 3.91. The van der Waals surface area contributed by atoms with Crippen LogP contribution in [-0.4, -0.2) is 56.8 Å². The predicted molar refractivity (Wildman–Crippen MR) is 131 cm³/mol. The molecule has 2 aromatic carbocycles. The van der Waals surface area contributed by atoms with Gasteiger partial charge in [0.15, 0.2) is 0 Å². The number of nitro groups is 2. The number of hydrazine groups is 1. The van der Waals surface area contributed by atoms with Crippen molar-refractivity contribution in [3.63, 3.8) is 0 Å². The Kier molecular flexibility index (Phi) is 7.60. The molecule has 2 N–H and O–H groups in total. The Hall–Kier alpha value is -4.65. The van der Waals surface area contributed by atoms with Crippen LogP contribution in [0.5, 0.6) is 0 Å². The number of nitrogens with one attached hydrogen (secondary N) is 2. The molecule has 186 valence electrons. The van der Waals surface area contributed by atoms with Crippen LogP contribution in [0.2, 0.25) is 0 Å². The molecule has 1 aromatic heterocycles. The van der Waals surface area contributed by atoms with Gasteiger partial charge in [0.25, 0.3) is 5.69 Å². The van der Waals surface area contributed by atoms with E-state index < -0.39 is 15.8 Å². The molecule has 13 nitrogen and oxygen atoms in total. The van der Waals surface area contributed by atoms with Gasteiger partial charge in [0, 0.05) is 44.9 Å². The van der Waals surface area contributed by atoms with E-state index in [1.807, 2.05) is 23.1 Å². The van der Waals surface area contributed by atoms with Gasteiger partial charge < -0.3 is 4.90 Å². The first-order valence-corrected chi connectivity index (χ1v) is 11.2. The van der Waals surface area contributed by atoms with Gasteiger partial charge in [0.2, 0.25) is 17.5 Å². The number of piperazine rings is 1. The number of nitro benzene ring substituents is 1. The molecule has 2 heterocycles. The summed E-state index contributed by atoms with van der Waals surface area (Å²) in [6.07, 6.45) is 1.13. The van der Waals surface area contributed by atoms with Gasteiger partial charge in [0.1, 0.15) is 6.33 Å². The van der Waals surface area contributed by atoms with Gasteiger partial charge in [-0.1, -0.05) is 42.5 Å². The zero-order chi connectivity index (χ0) is 25.5. The summed E-state index contributed by atoms with van der Waals surface area (Å²) < 4.78 is 0. The number of hydrogen-bond donors (Lipinski definition) is 2. The minimum Gasteiger partial charge on any atom is -0.348 e. The van der Waals surface area contributed by atoms with E-state index in [0.717, 1.165) is 6.54 Å². The molecule has 1 saturated heterocycles. The van der Waals surface area contributed by atoms with Gasteiger partial charge in [-0.2, -0.15) is 0 Å². The fraction of sp³-hybridized carbons (Fsp3) is 0.261. The molecule has 0 atom stereocenters. The van der Waals surface area contributed by atoms with Crippen LogP contribution in [0, 0.1) is 20.2 Å². The van der Waals surface area contributed by atoms with E-state index in [2.05, 4.69) is 37.9 Å². The monoisotopic (exact) mass is 492 g/mol. The smallest absolute Gasteiger partial charge is 0.348 e. The Morgan fingerprint density at radius 1 is 0.889 bits per heavy atom. The lowest BCUT2D eigenvalue weighted by atomic mass is 10.1. The lowest BCUT2D eigenvalue weighted by molar-refractivity contribution is -0.384. The minimum atomic E-state index is -0.573. The lowest BCUT2D eigenvalue weighted by Gasteiger charge is -2.35. The third-order valence-electron chi connectivity index (χ3n) is 5.74. The molecule has 0 saturated carbocycles. The van der Waals surface area contributed by atoms with Crippen molar-refractivity contribution in [2.24, 2.45) is 0 Å². The Morgan fingerprint density at radius 2 is 1.58 bits per heavy atom. The van der Waals surface area contributed by atoms with Crippen molar-refractivity contribution < 1.29 is 14.6 Å². The third kappa shape index (κ3) is 6.07. The number of carbonyl (C=O) groups excluding carboxylic acids is 1. The first-order chi connectivity index (χ1) is 17.4. The molecule has 36 heavy (non-hydrogen) atoms. The highest BCUT2D eigenvalue weighted by atomic mass is 16.6. The molecule has 0 aliphatic carbocycles. The van der Waals surface area contributed by atoms with Crippen LogP contribution in [0.4, 0.5) is 23.0 Å². The van der Waals surface area contributed by atoms with Gasteiger partial charge in [-0.05, 0) is 11.1 Å². The lowest BCUT2D eigenvalue weighted by Crippen LogP contribution is -2.46. The first-order valence-electron chi connectivity index (χ1n) is 11.2. The van der Waals surface area contributed by atoms with E-state index in [1.54, 1.807) is 0 Å².